The summed E-state index contributed by atoms with van der Waals surface area (Å²) in [6, 6.07) is 5.40. The smallest absolute Gasteiger partial charge is 0.227 e. The van der Waals surface area contributed by atoms with Gasteiger partial charge in [0, 0.05) is 23.3 Å². The van der Waals surface area contributed by atoms with E-state index in [0.29, 0.717) is 22.6 Å². The molecule has 0 bridgehead atoms. The number of hydrogen-bond donors (Lipinski definition) is 1. The van der Waals surface area contributed by atoms with Crippen molar-refractivity contribution in [3.63, 3.8) is 0 Å². The van der Waals surface area contributed by atoms with E-state index in [4.69, 9.17) is 16.3 Å². The van der Waals surface area contributed by atoms with Crippen molar-refractivity contribution in [2.24, 2.45) is 0 Å². The van der Waals surface area contributed by atoms with Gasteiger partial charge in [-0.3, -0.25) is 0 Å². The summed E-state index contributed by atoms with van der Waals surface area (Å²) < 4.78 is 6.60. The molecule has 0 aliphatic heterocycles. The van der Waals surface area contributed by atoms with Gasteiger partial charge in [-0.1, -0.05) is 27.5 Å². The quantitative estimate of drug-likeness (QED) is 0.924. The van der Waals surface area contributed by atoms with Crippen molar-refractivity contribution < 1.29 is 4.74 Å². The third kappa shape index (κ3) is 2.91. The largest absolute Gasteiger partial charge is 0.437 e. The molecule has 94 valence electrons. The fourth-order valence-corrected chi connectivity index (χ4v) is 1.81. The Morgan fingerprint density at radius 2 is 2.17 bits per heavy atom. The summed E-state index contributed by atoms with van der Waals surface area (Å²) in [5.74, 6) is 1.53. The number of halogens is 2. The van der Waals surface area contributed by atoms with Crippen LogP contribution >= 0.6 is 27.5 Å². The number of aryl methyl sites for hydroxylation is 1. The SMILES string of the molecule is CNc1ncc(C)c(Oc2cc(Br)ccc2Cl)n1. The van der Waals surface area contributed by atoms with Gasteiger partial charge in [0.15, 0.2) is 0 Å². The van der Waals surface area contributed by atoms with Gasteiger partial charge in [-0.2, -0.15) is 4.98 Å². The molecule has 1 N–H and O–H groups in total. The van der Waals surface area contributed by atoms with E-state index < -0.39 is 0 Å². The van der Waals surface area contributed by atoms with Crippen molar-refractivity contribution in [3.05, 3.63) is 39.5 Å². The van der Waals surface area contributed by atoms with Gasteiger partial charge in [0.1, 0.15) is 5.75 Å². The lowest BCUT2D eigenvalue weighted by Crippen LogP contribution is -1.99. The maximum Gasteiger partial charge on any atom is 0.227 e. The Hall–Kier alpha value is -1.33. The molecule has 0 fully saturated rings. The highest BCUT2D eigenvalue weighted by Crippen LogP contribution is 2.32. The van der Waals surface area contributed by atoms with Crippen molar-refractivity contribution in [2.75, 3.05) is 12.4 Å². The number of aromatic nitrogens is 2. The average molecular weight is 329 g/mol. The van der Waals surface area contributed by atoms with E-state index in [9.17, 15) is 0 Å². The van der Waals surface area contributed by atoms with E-state index >= 15 is 0 Å². The monoisotopic (exact) mass is 327 g/mol. The predicted molar refractivity (Wildman–Crippen MR) is 75.5 cm³/mol. The van der Waals surface area contributed by atoms with Crippen LogP contribution in [0.2, 0.25) is 5.02 Å². The summed E-state index contributed by atoms with van der Waals surface area (Å²) >= 11 is 9.44. The second-order valence-corrected chi connectivity index (χ2v) is 4.93. The molecule has 1 aromatic heterocycles. The summed E-state index contributed by atoms with van der Waals surface area (Å²) in [6.45, 7) is 1.88. The number of ether oxygens (including phenoxy) is 1. The zero-order valence-corrected chi connectivity index (χ0v) is 12.2. The van der Waals surface area contributed by atoms with Crippen LogP contribution in [0.1, 0.15) is 5.56 Å². The highest BCUT2D eigenvalue weighted by atomic mass is 79.9. The van der Waals surface area contributed by atoms with Crippen LogP contribution in [0.5, 0.6) is 11.6 Å². The standard InChI is InChI=1S/C12H11BrClN3O/c1-7-6-16-12(15-2)17-11(7)18-10-5-8(13)3-4-9(10)14/h3-6H,1-2H3,(H,15,16,17). The van der Waals surface area contributed by atoms with Crippen molar-refractivity contribution >= 4 is 33.5 Å². The Morgan fingerprint density at radius 1 is 1.39 bits per heavy atom. The second kappa shape index (κ2) is 5.54. The molecule has 6 heteroatoms. The first-order valence-electron chi connectivity index (χ1n) is 5.24. The van der Waals surface area contributed by atoms with Crippen LogP contribution in [0.15, 0.2) is 28.9 Å². The van der Waals surface area contributed by atoms with Gasteiger partial charge < -0.3 is 10.1 Å². The first kappa shape index (κ1) is 13.1. The highest BCUT2D eigenvalue weighted by Gasteiger charge is 2.09. The van der Waals surface area contributed by atoms with E-state index in [0.717, 1.165) is 10.0 Å². The minimum Gasteiger partial charge on any atom is -0.437 e. The third-order valence-electron chi connectivity index (χ3n) is 2.25. The minimum absolute atomic E-state index is 0.481. The lowest BCUT2D eigenvalue weighted by atomic mass is 10.3. The molecule has 4 nitrogen and oxygen atoms in total. The van der Waals surface area contributed by atoms with Gasteiger partial charge in [0.25, 0.3) is 0 Å². The van der Waals surface area contributed by atoms with Crippen LogP contribution in [-0.4, -0.2) is 17.0 Å². The summed E-state index contributed by atoms with van der Waals surface area (Å²) in [6.07, 6.45) is 1.69. The highest BCUT2D eigenvalue weighted by molar-refractivity contribution is 9.10. The fourth-order valence-electron chi connectivity index (χ4n) is 1.31. The van der Waals surface area contributed by atoms with Crippen molar-refractivity contribution in [3.8, 4) is 11.6 Å². The average Bonchev–Trinajstić information content (AvgIpc) is 2.36. The summed E-state index contributed by atoms with van der Waals surface area (Å²) in [5.41, 5.74) is 0.838. The van der Waals surface area contributed by atoms with Gasteiger partial charge in [0.2, 0.25) is 11.8 Å². The van der Waals surface area contributed by atoms with E-state index in [2.05, 4.69) is 31.2 Å². The first-order valence-corrected chi connectivity index (χ1v) is 6.41. The van der Waals surface area contributed by atoms with E-state index in [-0.39, 0.29) is 0 Å². The first-order chi connectivity index (χ1) is 8.60. The zero-order valence-electron chi connectivity index (χ0n) is 9.87. The van der Waals surface area contributed by atoms with Crippen LogP contribution in [0, 0.1) is 6.92 Å². The molecule has 0 aliphatic carbocycles. The normalized spacial score (nSPS) is 10.2. The zero-order chi connectivity index (χ0) is 13.1. The molecule has 0 radical (unpaired) electrons. The number of benzene rings is 1. The molecule has 2 aromatic rings. The summed E-state index contributed by atoms with van der Waals surface area (Å²) in [4.78, 5) is 8.33. The molecule has 18 heavy (non-hydrogen) atoms. The number of rotatable bonds is 3. The molecule has 0 saturated carbocycles. The molecule has 1 aromatic carbocycles. The predicted octanol–water partition coefficient (Wildman–Crippen LogP) is 4.03. The number of hydrogen-bond acceptors (Lipinski definition) is 4. The Morgan fingerprint density at radius 3 is 2.89 bits per heavy atom. The molecule has 0 amide bonds. The maximum absolute atomic E-state index is 6.07. The van der Waals surface area contributed by atoms with Crippen LogP contribution < -0.4 is 10.1 Å². The Balaban J connectivity index is 2.36. The van der Waals surface area contributed by atoms with Gasteiger partial charge in [-0.25, -0.2) is 4.98 Å². The number of anilines is 1. The topological polar surface area (TPSA) is 47.0 Å². The lowest BCUT2D eigenvalue weighted by molar-refractivity contribution is 0.458. The number of nitrogens with zero attached hydrogens (tertiary/aromatic N) is 2. The molecule has 0 spiro atoms. The molecule has 0 aliphatic rings. The Kier molecular flexibility index (Phi) is 4.04. The van der Waals surface area contributed by atoms with E-state index in [1.165, 1.54) is 0 Å². The Bertz CT molecular complexity index is 577. The van der Waals surface area contributed by atoms with E-state index in [1.807, 2.05) is 13.0 Å². The molecule has 1 heterocycles. The molecule has 0 atom stereocenters. The van der Waals surface area contributed by atoms with Crippen LogP contribution in [-0.2, 0) is 0 Å². The molecular formula is C12H11BrClN3O. The van der Waals surface area contributed by atoms with Crippen LogP contribution in [0.25, 0.3) is 0 Å². The van der Waals surface area contributed by atoms with Gasteiger partial charge in [-0.15, -0.1) is 0 Å². The van der Waals surface area contributed by atoms with Gasteiger partial charge >= 0.3 is 0 Å². The molecular weight excluding hydrogens is 318 g/mol. The van der Waals surface area contributed by atoms with Crippen LogP contribution in [0.3, 0.4) is 0 Å². The Labute approximate surface area is 118 Å². The van der Waals surface area contributed by atoms with Crippen molar-refractivity contribution in [1.29, 1.82) is 0 Å². The van der Waals surface area contributed by atoms with Crippen molar-refractivity contribution in [1.82, 2.24) is 9.97 Å². The lowest BCUT2D eigenvalue weighted by Gasteiger charge is -2.10. The third-order valence-corrected chi connectivity index (χ3v) is 3.05. The second-order valence-electron chi connectivity index (χ2n) is 3.61. The maximum atomic E-state index is 6.07. The fraction of sp³-hybridized carbons (Fsp3) is 0.167. The van der Waals surface area contributed by atoms with Gasteiger partial charge in [-0.05, 0) is 25.1 Å². The molecule has 0 unspecified atom stereocenters. The van der Waals surface area contributed by atoms with E-state index in [1.54, 1.807) is 25.4 Å². The van der Waals surface area contributed by atoms with Crippen LogP contribution in [0.4, 0.5) is 5.95 Å². The number of nitrogens with one attached hydrogen (secondary N) is 1. The summed E-state index contributed by atoms with van der Waals surface area (Å²) in [5, 5.41) is 3.39. The minimum atomic E-state index is 0.481. The molecule has 0 saturated heterocycles. The molecule has 2 rings (SSSR count). The van der Waals surface area contributed by atoms with Crippen molar-refractivity contribution in [2.45, 2.75) is 6.92 Å². The van der Waals surface area contributed by atoms with Gasteiger partial charge in [0.05, 0.1) is 5.02 Å². The summed E-state index contributed by atoms with van der Waals surface area (Å²) in [7, 11) is 1.75.